The van der Waals surface area contributed by atoms with Crippen LogP contribution in [0.2, 0.25) is 0 Å². The van der Waals surface area contributed by atoms with Gasteiger partial charge in [-0.05, 0) is 58.9 Å². The number of halogens is 1. The monoisotopic (exact) mass is 508 g/mol. The lowest BCUT2D eigenvalue weighted by atomic mass is 10.1. The van der Waals surface area contributed by atoms with E-state index in [1.54, 1.807) is 31.7 Å². The number of nitrogens with two attached hydrogens (primary N) is 1. The number of anilines is 1. The first-order valence-electron chi connectivity index (χ1n) is 11.0. The Balaban J connectivity index is 1.76. The summed E-state index contributed by atoms with van der Waals surface area (Å²) in [5, 5.41) is 2.77. The minimum atomic E-state index is -3.84. The molecule has 35 heavy (non-hydrogen) atoms. The fourth-order valence-corrected chi connectivity index (χ4v) is 5.19. The Labute approximate surface area is 202 Å². The smallest absolute Gasteiger partial charge is 0.342 e. The van der Waals surface area contributed by atoms with Crippen molar-refractivity contribution in [3.63, 3.8) is 0 Å². The number of carbonyl (C=O) groups excluding carboxylic acids is 1. The molecule has 1 unspecified atom stereocenters. The van der Waals surface area contributed by atoms with Gasteiger partial charge in [0.1, 0.15) is 35.3 Å². The van der Waals surface area contributed by atoms with Crippen LogP contribution in [0.25, 0.3) is 11.2 Å². The molecule has 11 nitrogen and oxygen atoms in total. The molecule has 0 amide bonds. The lowest BCUT2D eigenvalue weighted by molar-refractivity contribution is -0.153. The highest BCUT2D eigenvalue weighted by Crippen LogP contribution is 2.45. The number of esters is 1. The van der Waals surface area contributed by atoms with Crippen molar-refractivity contribution in [2.45, 2.75) is 58.9 Å². The van der Waals surface area contributed by atoms with Crippen molar-refractivity contribution >= 4 is 30.5 Å². The normalized spacial score (nSPS) is 14.6. The van der Waals surface area contributed by atoms with Crippen LogP contribution in [0, 0.1) is 5.82 Å². The van der Waals surface area contributed by atoms with Gasteiger partial charge in [-0.3, -0.25) is 9.36 Å². The van der Waals surface area contributed by atoms with E-state index in [1.165, 1.54) is 44.4 Å². The third kappa shape index (κ3) is 6.97. The molecular weight excluding hydrogens is 478 g/mol. The zero-order valence-corrected chi connectivity index (χ0v) is 21.2. The van der Waals surface area contributed by atoms with E-state index < -0.39 is 30.9 Å². The summed E-state index contributed by atoms with van der Waals surface area (Å²) in [4.78, 5) is 24.9. The number of ether oxygens (including phenoxy) is 2. The van der Waals surface area contributed by atoms with Crippen molar-refractivity contribution in [3.8, 4) is 5.75 Å². The fraction of sp³-hybridized carbons (Fsp3) is 0.455. The summed E-state index contributed by atoms with van der Waals surface area (Å²) >= 11 is 0. The standard InChI is InChI=1S/C22H30FN6O5P/c1-14(2)33-21(30)22(4,5)28-35(31,34-17-8-6-16(23)7-9-17)13-32-15(3)10-29-12-27-18-19(24)25-11-26-20(18)29/h6-9,11-12,14-15H,10,13H2,1-5H3,(H,28,31)(H2,24,25,26)/t15-,35?/m1/s1. The first-order chi connectivity index (χ1) is 16.4. The van der Waals surface area contributed by atoms with Crippen LogP contribution in [0.1, 0.15) is 34.6 Å². The lowest BCUT2D eigenvalue weighted by Gasteiger charge is -2.31. The van der Waals surface area contributed by atoms with Crippen molar-refractivity contribution in [1.29, 1.82) is 0 Å². The van der Waals surface area contributed by atoms with Gasteiger partial charge in [-0.25, -0.2) is 24.4 Å². The van der Waals surface area contributed by atoms with Crippen LogP contribution >= 0.6 is 7.52 Å². The predicted octanol–water partition coefficient (Wildman–Crippen LogP) is 3.50. The van der Waals surface area contributed by atoms with Crippen LogP contribution in [-0.2, 0) is 25.4 Å². The van der Waals surface area contributed by atoms with Crippen molar-refractivity contribution < 1.29 is 27.7 Å². The highest BCUT2D eigenvalue weighted by molar-refractivity contribution is 7.57. The zero-order chi connectivity index (χ0) is 25.8. The number of nitrogen functional groups attached to an aromatic ring is 1. The summed E-state index contributed by atoms with van der Waals surface area (Å²) in [5.41, 5.74) is 5.48. The van der Waals surface area contributed by atoms with E-state index in [1.807, 2.05) is 0 Å². The number of carbonyl (C=O) groups is 1. The average Bonchev–Trinajstić information content (AvgIpc) is 3.17. The molecule has 2 aromatic heterocycles. The molecule has 0 fully saturated rings. The van der Waals surface area contributed by atoms with E-state index in [9.17, 15) is 13.8 Å². The van der Waals surface area contributed by atoms with Crippen LogP contribution in [0.15, 0.2) is 36.9 Å². The predicted molar refractivity (Wildman–Crippen MR) is 128 cm³/mol. The van der Waals surface area contributed by atoms with E-state index in [-0.39, 0.29) is 24.0 Å². The minimum absolute atomic E-state index is 0.152. The summed E-state index contributed by atoms with van der Waals surface area (Å²) in [6.45, 7) is 8.59. The van der Waals surface area contributed by atoms with E-state index in [2.05, 4.69) is 20.0 Å². The van der Waals surface area contributed by atoms with Crippen LogP contribution in [0.4, 0.5) is 10.2 Å². The zero-order valence-electron chi connectivity index (χ0n) is 20.3. The Morgan fingerprint density at radius 3 is 2.54 bits per heavy atom. The molecule has 3 rings (SSSR count). The second-order valence-corrected chi connectivity index (χ2v) is 10.9. The Morgan fingerprint density at radius 1 is 1.20 bits per heavy atom. The highest BCUT2D eigenvalue weighted by atomic mass is 31.2. The van der Waals surface area contributed by atoms with E-state index in [0.29, 0.717) is 17.7 Å². The van der Waals surface area contributed by atoms with Gasteiger partial charge in [-0.15, -0.1) is 0 Å². The summed E-state index contributed by atoms with van der Waals surface area (Å²) in [6.07, 6.45) is 1.71. The Kier molecular flexibility index (Phi) is 8.09. The third-order valence-corrected chi connectivity index (χ3v) is 6.68. The molecular formula is C22H30FN6O5P. The molecule has 0 bridgehead atoms. The van der Waals surface area contributed by atoms with Gasteiger partial charge in [0.25, 0.3) is 0 Å². The van der Waals surface area contributed by atoms with Gasteiger partial charge < -0.3 is 24.3 Å². The number of nitrogens with one attached hydrogen (secondary N) is 1. The van der Waals surface area contributed by atoms with E-state index in [4.69, 9.17) is 19.7 Å². The van der Waals surface area contributed by atoms with Crippen molar-refractivity contribution in [2.75, 3.05) is 12.1 Å². The third-order valence-electron chi connectivity index (χ3n) is 4.78. The number of fused-ring (bicyclic) bond motifs is 1. The lowest BCUT2D eigenvalue weighted by Crippen LogP contribution is -2.48. The maximum Gasteiger partial charge on any atom is 0.342 e. The first-order valence-corrected chi connectivity index (χ1v) is 12.8. The fourth-order valence-electron chi connectivity index (χ4n) is 3.17. The van der Waals surface area contributed by atoms with Crippen molar-refractivity contribution in [1.82, 2.24) is 24.6 Å². The molecule has 0 saturated heterocycles. The second kappa shape index (κ2) is 10.7. The SMILES string of the molecule is CC(C)OC(=O)C(C)(C)NP(=O)(CO[C@H](C)Cn1cnc2c(N)ncnc21)Oc1ccc(F)cc1. The van der Waals surface area contributed by atoms with Crippen LogP contribution < -0.4 is 15.3 Å². The number of hydrogen-bond acceptors (Lipinski definition) is 9. The number of rotatable bonds is 11. The van der Waals surface area contributed by atoms with Gasteiger partial charge in [-0.2, -0.15) is 0 Å². The summed E-state index contributed by atoms with van der Waals surface area (Å²) < 4.78 is 45.7. The summed E-state index contributed by atoms with van der Waals surface area (Å²) in [5.74, 6) is -0.660. The summed E-state index contributed by atoms with van der Waals surface area (Å²) in [7, 11) is -3.84. The van der Waals surface area contributed by atoms with E-state index >= 15 is 0 Å². The van der Waals surface area contributed by atoms with Gasteiger partial charge in [-0.1, -0.05) is 0 Å². The molecule has 2 atom stereocenters. The number of imidazole rings is 1. The summed E-state index contributed by atoms with van der Waals surface area (Å²) in [6, 6.07) is 5.04. The van der Waals surface area contributed by atoms with Crippen LogP contribution in [0.5, 0.6) is 5.75 Å². The van der Waals surface area contributed by atoms with Gasteiger partial charge in [0.2, 0.25) is 0 Å². The number of hydrogen-bond donors (Lipinski definition) is 2. The molecule has 1 aromatic carbocycles. The van der Waals surface area contributed by atoms with Crippen LogP contribution in [0.3, 0.4) is 0 Å². The largest absolute Gasteiger partial charge is 0.462 e. The quantitative estimate of drug-likeness (QED) is 0.292. The maximum absolute atomic E-state index is 13.8. The Morgan fingerprint density at radius 2 is 1.89 bits per heavy atom. The van der Waals surface area contributed by atoms with Gasteiger partial charge in [0.15, 0.2) is 11.5 Å². The molecule has 0 aliphatic carbocycles. The van der Waals surface area contributed by atoms with Gasteiger partial charge >= 0.3 is 13.5 Å². The Bertz CT molecular complexity index is 1220. The first kappa shape index (κ1) is 26.5. The molecule has 0 saturated carbocycles. The molecule has 0 radical (unpaired) electrons. The number of nitrogens with zero attached hydrogens (tertiary/aromatic N) is 4. The molecule has 13 heteroatoms. The van der Waals surface area contributed by atoms with Crippen LogP contribution in [-0.4, -0.2) is 49.6 Å². The molecule has 0 aliphatic rings. The highest BCUT2D eigenvalue weighted by Gasteiger charge is 2.40. The Hall–Kier alpha value is -3.08. The molecule has 190 valence electrons. The molecule has 0 aliphatic heterocycles. The van der Waals surface area contributed by atoms with Gasteiger partial charge in [0.05, 0.1) is 25.1 Å². The maximum atomic E-state index is 13.8. The van der Waals surface area contributed by atoms with E-state index in [0.717, 1.165) is 0 Å². The van der Waals surface area contributed by atoms with Gasteiger partial charge in [0, 0.05) is 0 Å². The molecule has 0 spiro atoms. The molecule has 3 N–H and O–H groups in total. The number of aromatic nitrogens is 4. The molecule has 3 aromatic rings. The molecule has 2 heterocycles. The second-order valence-electron chi connectivity index (χ2n) is 8.84. The minimum Gasteiger partial charge on any atom is -0.462 e. The average molecular weight is 508 g/mol. The topological polar surface area (TPSA) is 143 Å². The van der Waals surface area contributed by atoms with Crippen molar-refractivity contribution in [3.05, 3.63) is 42.7 Å². The van der Waals surface area contributed by atoms with Crippen molar-refractivity contribution in [2.24, 2.45) is 0 Å². The number of benzene rings is 1.